The van der Waals surface area contributed by atoms with Gasteiger partial charge in [-0.05, 0) is 29.9 Å². The molecular weight excluding hydrogens is 264 g/mol. The SMILES string of the molecule is CCCCC(CCC)C(C)(c1ccccc1)c1ccccc1. The van der Waals surface area contributed by atoms with E-state index >= 15 is 0 Å². The van der Waals surface area contributed by atoms with E-state index in [1.165, 1.54) is 43.2 Å². The number of hydrogen-bond acceptors (Lipinski definition) is 0. The monoisotopic (exact) mass is 294 g/mol. The molecule has 2 aromatic rings. The van der Waals surface area contributed by atoms with Crippen LogP contribution in [-0.2, 0) is 5.41 Å². The van der Waals surface area contributed by atoms with Gasteiger partial charge in [0.1, 0.15) is 0 Å². The van der Waals surface area contributed by atoms with Gasteiger partial charge in [0.25, 0.3) is 0 Å². The van der Waals surface area contributed by atoms with E-state index in [1.807, 2.05) is 0 Å². The van der Waals surface area contributed by atoms with E-state index in [-0.39, 0.29) is 5.41 Å². The smallest absolute Gasteiger partial charge is 0.0202 e. The Hall–Kier alpha value is -1.56. The van der Waals surface area contributed by atoms with Gasteiger partial charge in [-0.15, -0.1) is 0 Å². The maximum absolute atomic E-state index is 2.45. The number of unbranched alkanes of at least 4 members (excludes halogenated alkanes) is 1. The molecule has 0 spiro atoms. The highest BCUT2D eigenvalue weighted by Crippen LogP contribution is 2.43. The molecule has 2 aromatic carbocycles. The fourth-order valence-electron chi connectivity index (χ4n) is 3.73. The first-order valence-corrected chi connectivity index (χ1v) is 8.84. The molecule has 0 fully saturated rings. The van der Waals surface area contributed by atoms with Crippen LogP contribution >= 0.6 is 0 Å². The molecular formula is C22H30. The second kappa shape index (κ2) is 8.17. The highest BCUT2D eigenvalue weighted by Gasteiger charge is 2.36. The second-order valence-electron chi connectivity index (χ2n) is 6.56. The summed E-state index contributed by atoms with van der Waals surface area (Å²) in [5, 5.41) is 0. The lowest BCUT2D eigenvalue weighted by Gasteiger charge is -2.39. The lowest BCUT2D eigenvalue weighted by molar-refractivity contribution is 0.294. The summed E-state index contributed by atoms with van der Waals surface area (Å²) in [6, 6.07) is 22.2. The lowest BCUT2D eigenvalue weighted by atomic mass is 9.64. The molecule has 0 N–H and O–H groups in total. The Bertz CT molecular complexity index is 487. The van der Waals surface area contributed by atoms with Crippen molar-refractivity contribution in [2.24, 2.45) is 5.92 Å². The lowest BCUT2D eigenvalue weighted by Crippen LogP contribution is -2.33. The van der Waals surface area contributed by atoms with Crippen molar-refractivity contribution in [1.82, 2.24) is 0 Å². The van der Waals surface area contributed by atoms with Crippen LogP contribution < -0.4 is 0 Å². The molecule has 0 heterocycles. The van der Waals surface area contributed by atoms with Gasteiger partial charge in [0, 0.05) is 5.41 Å². The van der Waals surface area contributed by atoms with Crippen molar-refractivity contribution < 1.29 is 0 Å². The van der Waals surface area contributed by atoms with Crippen molar-refractivity contribution >= 4 is 0 Å². The van der Waals surface area contributed by atoms with Crippen LogP contribution in [0, 0.1) is 5.92 Å². The highest BCUT2D eigenvalue weighted by atomic mass is 14.4. The molecule has 0 nitrogen and oxygen atoms in total. The normalized spacial score (nSPS) is 13.0. The van der Waals surface area contributed by atoms with Gasteiger partial charge in [-0.25, -0.2) is 0 Å². The van der Waals surface area contributed by atoms with Crippen LogP contribution in [0.25, 0.3) is 0 Å². The largest absolute Gasteiger partial charge is 0.0654 e. The van der Waals surface area contributed by atoms with Crippen LogP contribution in [-0.4, -0.2) is 0 Å². The summed E-state index contributed by atoms with van der Waals surface area (Å²) in [7, 11) is 0. The van der Waals surface area contributed by atoms with Crippen LogP contribution in [0.1, 0.15) is 64.0 Å². The minimum absolute atomic E-state index is 0.105. The van der Waals surface area contributed by atoms with Gasteiger partial charge in [-0.1, -0.05) is 101 Å². The van der Waals surface area contributed by atoms with Crippen molar-refractivity contribution in [1.29, 1.82) is 0 Å². The van der Waals surface area contributed by atoms with Gasteiger partial charge in [0.2, 0.25) is 0 Å². The maximum atomic E-state index is 2.45. The van der Waals surface area contributed by atoms with E-state index in [1.54, 1.807) is 0 Å². The van der Waals surface area contributed by atoms with Crippen molar-refractivity contribution in [2.75, 3.05) is 0 Å². The van der Waals surface area contributed by atoms with E-state index < -0.39 is 0 Å². The third kappa shape index (κ3) is 3.61. The Morgan fingerprint density at radius 1 is 0.727 bits per heavy atom. The van der Waals surface area contributed by atoms with Crippen molar-refractivity contribution in [3.63, 3.8) is 0 Å². The predicted molar refractivity (Wildman–Crippen MR) is 97.3 cm³/mol. The van der Waals surface area contributed by atoms with Crippen LogP contribution in [0.15, 0.2) is 60.7 Å². The zero-order valence-corrected chi connectivity index (χ0v) is 14.4. The molecule has 0 radical (unpaired) electrons. The van der Waals surface area contributed by atoms with Gasteiger partial charge in [0.05, 0.1) is 0 Å². The summed E-state index contributed by atoms with van der Waals surface area (Å²) in [5.74, 6) is 0.697. The zero-order valence-electron chi connectivity index (χ0n) is 14.4. The average molecular weight is 294 g/mol. The fourth-order valence-corrected chi connectivity index (χ4v) is 3.73. The Labute approximate surface area is 136 Å². The summed E-state index contributed by atoms with van der Waals surface area (Å²) < 4.78 is 0. The molecule has 2 rings (SSSR count). The molecule has 0 saturated heterocycles. The Balaban J connectivity index is 2.48. The minimum Gasteiger partial charge on any atom is -0.0654 e. The molecule has 0 saturated carbocycles. The summed E-state index contributed by atoms with van der Waals surface area (Å²) in [6.45, 7) is 7.06. The Kier molecular flexibility index (Phi) is 6.24. The minimum atomic E-state index is 0.105. The topological polar surface area (TPSA) is 0 Å². The highest BCUT2D eigenvalue weighted by molar-refractivity contribution is 5.39. The van der Waals surface area contributed by atoms with Crippen molar-refractivity contribution in [3.05, 3.63) is 71.8 Å². The molecule has 0 aliphatic carbocycles. The molecule has 0 bridgehead atoms. The first-order valence-electron chi connectivity index (χ1n) is 8.84. The molecule has 0 heteroatoms. The van der Waals surface area contributed by atoms with E-state index in [9.17, 15) is 0 Å². The van der Waals surface area contributed by atoms with E-state index in [0.717, 1.165) is 0 Å². The first-order chi connectivity index (χ1) is 10.7. The Morgan fingerprint density at radius 2 is 1.23 bits per heavy atom. The Morgan fingerprint density at radius 3 is 1.64 bits per heavy atom. The van der Waals surface area contributed by atoms with E-state index in [2.05, 4.69) is 81.4 Å². The third-order valence-corrected chi connectivity index (χ3v) is 5.11. The van der Waals surface area contributed by atoms with Crippen molar-refractivity contribution in [2.45, 2.75) is 58.3 Å². The summed E-state index contributed by atoms with van der Waals surface area (Å²) in [5.41, 5.74) is 3.01. The predicted octanol–water partition coefficient (Wildman–Crippen LogP) is 6.60. The van der Waals surface area contributed by atoms with Crippen LogP contribution in [0.5, 0.6) is 0 Å². The molecule has 0 aromatic heterocycles. The average Bonchev–Trinajstić information content (AvgIpc) is 2.59. The molecule has 0 amide bonds. The van der Waals surface area contributed by atoms with E-state index in [4.69, 9.17) is 0 Å². The standard InChI is InChI=1S/C22H30/c1-4-6-14-19(13-5-2)22(3,20-15-9-7-10-16-20)21-17-11-8-12-18-21/h7-12,15-19H,4-6,13-14H2,1-3H3. The summed E-state index contributed by atoms with van der Waals surface area (Å²) in [4.78, 5) is 0. The van der Waals surface area contributed by atoms with Gasteiger partial charge in [-0.3, -0.25) is 0 Å². The first kappa shape index (κ1) is 16.8. The van der Waals surface area contributed by atoms with Gasteiger partial charge >= 0.3 is 0 Å². The van der Waals surface area contributed by atoms with Crippen LogP contribution in [0.4, 0.5) is 0 Å². The van der Waals surface area contributed by atoms with Gasteiger partial charge < -0.3 is 0 Å². The summed E-state index contributed by atoms with van der Waals surface area (Å²) in [6.07, 6.45) is 6.45. The van der Waals surface area contributed by atoms with Gasteiger partial charge in [-0.2, -0.15) is 0 Å². The molecule has 1 unspecified atom stereocenters. The number of hydrogen-bond donors (Lipinski definition) is 0. The quantitative estimate of drug-likeness (QED) is 0.514. The molecule has 1 atom stereocenters. The van der Waals surface area contributed by atoms with Crippen molar-refractivity contribution in [3.8, 4) is 0 Å². The molecule has 0 aliphatic rings. The number of benzene rings is 2. The second-order valence-corrected chi connectivity index (χ2v) is 6.56. The summed E-state index contributed by atoms with van der Waals surface area (Å²) >= 11 is 0. The van der Waals surface area contributed by atoms with Crippen LogP contribution in [0.2, 0.25) is 0 Å². The zero-order chi connectivity index (χ0) is 15.8. The number of rotatable bonds is 8. The fraction of sp³-hybridized carbons (Fsp3) is 0.455. The third-order valence-electron chi connectivity index (χ3n) is 5.11. The molecule has 22 heavy (non-hydrogen) atoms. The molecule has 0 aliphatic heterocycles. The maximum Gasteiger partial charge on any atom is 0.0202 e. The molecule has 118 valence electrons. The van der Waals surface area contributed by atoms with E-state index in [0.29, 0.717) is 5.92 Å². The van der Waals surface area contributed by atoms with Gasteiger partial charge in [0.15, 0.2) is 0 Å². The van der Waals surface area contributed by atoms with Crippen LogP contribution in [0.3, 0.4) is 0 Å².